The van der Waals surface area contributed by atoms with Crippen molar-refractivity contribution in [3.63, 3.8) is 0 Å². The number of benzene rings is 1. The van der Waals surface area contributed by atoms with Gasteiger partial charge in [-0.3, -0.25) is 0 Å². The molecule has 0 radical (unpaired) electrons. The fraction of sp³-hybridized carbons (Fsp3) is 0.409. The Morgan fingerprint density at radius 1 is 1.29 bits per heavy atom. The van der Waals surface area contributed by atoms with Crippen LogP contribution in [0.3, 0.4) is 0 Å². The summed E-state index contributed by atoms with van der Waals surface area (Å²) in [5.74, 6) is 1.44. The molecule has 28 heavy (non-hydrogen) atoms. The molecule has 6 heteroatoms. The van der Waals surface area contributed by atoms with Gasteiger partial charge < -0.3 is 5.11 Å². The van der Waals surface area contributed by atoms with Crippen molar-refractivity contribution in [1.29, 1.82) is 0 Å². The first-order chi connectivity index (χ1) is 13.5. The molecule has 0 amide bonds. The number of phenols is 1. The number of thiophene rings is 1. The van der Waals surface area contributed by atoms with E-state index in [1.807, 2.05) is 23.5 Å². The highest BCUT2D eigenvalue weighted by atomic mass is 32.1. The van der Waals surface area contributed by atoms with E-state index in [0.29, 0.717) is 22.7 Å². The first-order valence-corrected chi connectivity index (χ1v) is 10.7. The summed E-state index contributed by atoms with van der Waals surface area (Å²) in [6.45, 7) is 7.08. The number of aromatic hydroxyl groups is 1. The number of para-hydroxylation sites is 1. The molecule has 1 aliphatic carbocycles. The van der Waals surface area contributed by atoms with Crippen molar-refractivity contribution in [3.05, 3.63) is 41.0 Å². The second-order valence-electron chi connectivity index (χ2n) is 8.43. The number of hydrogen-bond donors (Lipinski definition) is 1. The summed E-state index contributed by atoms with van der Waals surface area (Å²) in [7, 11) is 0. The highest BCUT2D eigenvalue weighted by molar-refractivity contribution is 7.19. The van der Waals surface area contributed by atoms with Crippen molar-refractivity contribution in [1.82, 2.24) is 19.6 Å². The molecule has 5 rings (SSSR count). The lowest BCUT2D eigenvalue weighted by molar-refractivity contribution is 0.184. The minimum Gasteiger partial charge on any atom is -0.507 e. The Hall–Kier alpha value is -2.47. The molecule has 0 unspecified atom stereocenters. The van der Waals surface area contributed by atoms with Crippen molar-refractivity contribution in [3.8, 4) is 17.1 Å². The number of fused-ring (bicyclic) bond motifs is 5. The van der Waals surface area contributed by atoms with Crippen LogP contribution in [-0.4, -0.2) is 24.7 Å². The quantitative estimate of drug-likeness (QED) is 0.517. The molecule has 144 valence electrons. The van der Waals surface area contributed by atoms with Gasteiger partial charge in [-0.2, -0.15) is 0 Å². The monoisotopic (exact) mass is 392 g/mol. The van der Waals surface area contributed by atoms with Gasteiger partial charge in [0.1, 0.15) is 16.9 Å². The average molecular weight is 393 g/mol. The Morgan fingerprint density at radius 3 is 2.89 bits per heavy atom. The van der Waals surface area contributed by atoms with Crippen LogP contribution in [0, 0.1) is 11.3 Å². The standard InChI is InChI=1S/C22H24N4OS/c1-4-22(2,3)13-9-10-15-17(11-13)28-21-18(15)20-24-19(25-26(20)12-23-21)14-7-5-6-8-16(14)27/h5-8,12-13,27H,4,9-11H2,1-3H3/t13-/m0/s1. The van der Waals surface area contributed by atoms with Gasteiger partial charge in [-0.05, 0) is 48.3 Å². The minimum atomic E-state index is 0.194. The fourth-order valence-corrected chi connectivity index (χ4v) is 5.57. The maximum absolute atomic E-state index is 10.2. The fourth-order valence-electron chi connectivity index (χ4n) is 4.31. The van der Waals surface area contributed by atoms with Gasteiger partial charge in [0, 0.05) is 4.88 Å². The predicted molar refractivity (Wildman–Crippen MR) is 113 cm³/mol. The smallest absolute Gasteiger partial charge is 0.185 e. The van der Waals surface area contributed by atoms with E-state index in [4.69, 9.17) is 4.98 Å². The Labute approximate surface area is 168 Å². The second-order valence-corrected chi connectivity index (χ2v) is 9.51. The van der Waals surface area contributed by atoms with E-state index in [0.717, 1.165) is 28.7 Å². The molecule has 1 N–H and O–H groups in total. The Bertz CT molecular complexity index is 1190. The molecule has 4 aromatic rings. The van der Waals surface area contributed by atoms with E-state index in [1.165, 1.54) is 23.3 Å². The molecule has 1 atom stereocenters. The lowest BCUT2D eigenvalue weighted by atomic mass is 9.70. The number of aryl methyl sites for hydroxylation is 1. The largest absolute Gasteiger partial charge is 0.507 e. The van der Waals surface area contributed by atoms with Gasteiger partial charge >= 0.3 is 0 Å². The number of rotatable bonds is 3. The van der Waals surface area contributed by atoms with Crippen molar-refractivity contribution in [2.24, 2.45) is 11.3 Å². The van der Waals surface area contributed by atoms with Gasteiger partial charge in [-0.1, -0.05) is 39.3 Å². The van der Waals surface area contributed by atoms with Gasteiger partial charge in [0.15, 0.2) is 11.5 Å². The SMILES string of the molecule is CCC(C)(C)[C@H]1CCc2c(sc3ncn4nc(-c5ccccc5O)nc4c23)C1. The molecular weight excluding hydrogens is 368 g/mol. The first-order valence-electron chi connectivity index (χ1n) is 9.92. The lowest BCUT2D eigenvalue weighted by Crippen LogP contribution is -2.28. The summed E-state index contributed by atoms with van der Waals surface area (Å²) in [5.41, 5.74) is 3.25. The lowest BCUT2D eigenvalue weighted by Gasteiger charge is -2.36. The van der Waals surface area contributed by atoms with Crippen LogP contribution >= 0.6 is 11.3 Å². The summed E-state index contributed by atoms with van der Waals surface area (Å²) in [5, 5.41) is 15.9. The van der Waals surface area contributed by atoms with Crippen molar-refractivity contribution >= 4 is 27.2 Å². The van der Waals surface area contributed by atoms with E-state index in [-0.39, 0.29) is 5.75 Å². The predicted octanol–water partition coefficient (Wildman–Crippen LogP) is 5.25. The molecule has 1 aliphatic rings. The molecule has 0 saturated carbocycles. The molecule has 0 saturated heterocycles. The van der Waals surface area contributed by atoms with Crippen LogP contribution in [0.25, 0.3) is 27.3 Å². The third-order valence-corrected chi connectivity index (χ3v) is 7.71. The van der Waals surface area contributed by atoms with Crippen LogP contribution in [0.4, 0.5) is 0 Å². The number of aromatic nitrogens is 4. The summed E-state index contributed by atoms with van der Waals surface area (Å²) in [6, 6.07) is 7.20. The van der Waals surface area contributed by atoms with Crippen LogP contribution in [0.2, 0.25) is 0 Å². The maximum atomic E-state index is 10.2. The molecule has 3 heterocycles. The van der Waals surface area contributed by atoms with Gasteiger partial charge in [-0.25, -0.2) is 14.5 Å². The number of hydrogen-bond acceptors (Lipinski definition) is 5. The Balaban J connectivity index is 1.65. The molecular formula is C22H24N4OS. The topological polar surface area (TPSA) is 63.3 Å². The normalized spacial score (nSPS) is 17.3. The summed E-state index contributed by atoms with van der Waals surface area (Å²) < 4.78 is 1.75. The average Bonchev–Trinajstić information content (AvgIpc) is 3.28. The summed E-state index contributed by atoms with van der Waals surface area (Å²) in [4.78, 5) is 12.0. The van der Waals surface area contributed by atoms with E-state index in [1.54, 1.807) is 23.0 Å². The van der Waals surface area contributed by atoms with Crippen LogP contribution in [0.5, 0.6) is 5.75 Å². The Morgan fingerprint density at radius 2 is 2.11 bits per heavy atom. The van der Waals surface area contributed by atoms with E-state index < -0.39 is 0 Å². The number of nitrogens with zero attached hydrogens (tertiary/aromatic N) is 4. The summed E-state index contributed by atoms with van der Waals surface area (Å²) >= 11 is 1.81. The highest BCUT2D eigenvalue weighted by Crippen LogP contribution is 2.45. The van der Waals surface area contributed by atoms with Crippen LogP contribution in [-0.2, 0) is 12.8 Å². The Kier molecular flexibility index (Phi) is 3.95. The van der Waals surface area contributed by atoms with Gasteiger partial charge in [0.2, 0.25) is 0 Å². The second kappa shape index (κ2) is 6.27. The molecule has 0 bridgehead atoms. The summed E-state index contributed by atoms with van der Waals surface area (Å²) in [6.07, 6.45) is 6.35. The molecule has 5 nitrogen and oxygen atoms in total. The molecule has 1 aromatic carbocycles. The third-order valence-electron chi connectivity index (χ3n) is 6.55. The van der Waals surface area contributed by atoms with Crippen LogP contribution in [0.1, 0.15) is 44.1 Å². The molecule has 3 aromatic heterocycles. The first kappa shape index (κ1) is 17.6. The number of phenolic OH excluding ortho intramolecular Hbond substituents is 1. The zero-order valence-electron chi connectivity index (χ0n) is 16.4. The van der Waals surface area contributed by atoms with Crippen LogP contribution < -0.4 is 0 Å². The minimum absolute atomic E-state index is 0.194. The van der Waals surface area contributed by atoms with Crippen LogP contribution in [0.15, 0.2) is 30.6 Å². The van der Waals surface area contributed by atoms with Crippen molar-refractivity contribution < 1.29 is 5.11 Å². The van der Waals surface area contributed by atoms with Gasteiger partial charge in [0.25, 0.3) is 0 Å². The molecule has 0 spiro atoms. The van der Waals surface area contributed by atoms with Crippen molar-refractivity contribution in [2.45, 2.75) is 46.5 Å². The van der Waals surface area contributed by atoms with Gasteiger partial charge in [0.05, 0.1) is 10.9 Å². The zero-order chi connectivity index (χ0) is 19.5. The van der Waals surface area contributed by atoms with E-state index in [2.05, 4.69) is 30.9 Å². The molecule has 0 fully saturated rings. The third kappa shape index (κ3) is 2.62. The van der Waals surface area contributed by atoms with E-state index in [9.17, 15) is 5.11 Å². The van der Waals surface area contributed by atoms with E-state index >= 15 is 0 Å². The van der Waals surface area contributed by atoms with Crippen molar-refractivity contribution in [2.75, 3.05) is 0 Å². The highest BCUT2D eigenvalue weighted by Gasteiger charge is 2.33. The zero-order valence-corrected chi connectivity index (χ0v) is 17.3. The maximum Gasteiger partial charge on any atom is 0.185 e. The van der Waals surface area contributed by atoms with Gasteiger partial charge in [-0.15, -0.1) is 16.4 Å². The molecule has 0 aliphatic heterocycles.